The predicted octanol–water partition coefficient (Wildman–Crippen LogP) is 3.03. The molecule has 0 aliphatic carbocycles. The summed E-state index contributed by atoms with van der Waals surface area (Å²) in [5, 5.41) is 3.33. The van der Waals surface area contributed by atoms with Gasteiger partial charge in [-0.05, 0) is 47.1 Å². The Bertz CT molecular complexity index is 358. The van der Waals surface area contributed by atoms with Crippen LogP contribution in [-0.2, 0) is 11.3 Å². The van der Waals surface area contributed by atoms with Gasteiger partial charge in [-0.1, -0.05) is 13.0 Å². The second-order valence-electron chi connectivity index (χ2n) is 4.18. The summed E-state index contributed by atoms with van der Waals surface area (Å²) >= 11 is 3.64. The SMILES string of the molecule is CCNCc1ccc(N(C)CCOCC)c(Br)c1. The van der Waals surface area contributed by atoms with Crippen molar-refractivity contribution in [1.29, 1.82) is 0 Å². The van der Waals surface area contributed by atoms with E-state index in [9.17, 15) is 0 Å². The molecule has 0 aliphatic heterocycles. The number of anilines is 1. The molecule has 0 saturated heterocycles. The molecule has 0 saturated carbocycles. The minimum atomic E-state index is 0.762. The van der Waals surface area contributed by atoms with Gasteiger partial charge in [-0.2, -0.15) is 0 Å². The second kappa shape index (κ2) is 8.51. The van der Waals surface area contributed by atoms with E-state index in [1.807, 2.05) is 6.92 Å². The molecule has 3 nitrogen and oxygen atoms in total. The van der Waals surface area contributed by atoms with E-state index in [1.165, 1.54) is 11.3 Å². The normalized spacial score (nSPS) is 10.7. The van der Waals surface area contributed by atoms with Crippen molar-refractivity contribution in [1.82, 2.24) is 5.32 Å². The van der Waals surface area contributed by atoms with Crippen LogP contribution >= 0.6 is 15.9 Å². The van der Waals surface area contributed by atoms with Gasteiger partial charge in [0.15, 0.2) is 0 Å². The summed E-state index contributed by atoms with van der Waals surface area (Å²) in [5.41, 5.74) is 2.50. The molecule has 0 aliphatic rings. The summed E-state index contributed by atoms with van der Waals surface area (Å²) in [7, 11) is 2.09. The van der Waals surface area contributed by atoms with Crippen molar-refractivity contribution in [2.45, 2.75) is 20.4 Å². The molecule has 102 valence electrons. The molecule has 1 aromatic carbocycles. The number of nitrogens with one attached hydrogen (secondary N) is 1. The van der Waals surface area contributed by atoms with Crippen LogP contribution in [0.4, 0.5) is 5.69 Å². The molecule has 1 aromatic rings. The lowest BCUT2D eigenvalue weighted by Gasteiger charge is -2.21. The van der Waals surface area contributed by atoms with Crippen molar-refractivity contribution < 1.29 is 4.74 Å². The molecule has 1 N–H and O–H groups in total. The van der Waals surface area contributed by atoms with Gasteiger partial charge in [-0.25, -0.2) is 0 Å². The Morgan fingerprint density at radius 3 is 2.72 bits per heavy atom. The maximum Gasteiger partial charge on any atom is 0.0641 e. The third-order valence-corrected chi connectivity index (χ3v) is 3.41. The van der Waals surface area contributed by atoms with Crippen LogP contribution in [-0.4, -0.2) is 33.4 Å². The van der Waals surface area contributed by atoms with Gasteiger partial charge in [0, 0.05) is 31.2 Å². The van der Waals surface area contributed by atoms with E-state index < -0.39 is 0 Å². The molecule has 0 unspecified atom stereocenters. The predicted molar refractivity (Wildman–Crippen MR) is 81.3 cm³/mol. The highest BCUT2D eigenvalue weighted by molar-refractivity contribution is 9.10. The molecule has 0 amide bonds. The summed E-state index contributed by atoms with van der Waals surface area (Å²) in [5.74, 6) is 0. The Morgan fingerprint density at radius 1 is 1.33 bits per heavy atom. The Balaban J connectivity index is 2.60. The van der Waals surface area contributed by atoms with Gasteiger partial charge in [0.25, 0.3) is 0 Å². The van der Waals surface area contributed by atoms with E-state index in [-0.39, 0.29) is 0 Å². The maximum atomic E-state index is 5.38. The lowest BCUT2D eigenvalue weighted by atomic mass is 10.2. The number of benzene rings is 1. The van der Waals surface area contributed by atoms with E-state index in [2.05, 4.69) is 58.3 Å². The molecule has 0 bridgehead atoms. The molecule has 0 atom stereocenters. The smallest absolute Gasteiger partial charge is 0.0641 e. The van der Waals surface area contributed by atoms with Crippen LogP contribution in [0.3, 0.4) is 0 Å². The highest BCUT2D eigenvalue weighted by Gasteiger charge is 2.06. The highest BCUT2D eigenvalue weighted by Crippen LogP contribution is 2.26. The molecule has 0 heterocycles. The Hall–Kier alpha value is -0.580. The van der Waals surface area contributed by atoms with Gasteiger partial charge in [0.1, 0.15) is 0 Å². The fourth-order valence-corrected chi connectivity index (χ4v) is 2.43. The van der Waals surface area contributed by atoms with E-state index in [0.29, 0.717) is 0 Å². The number of rotatable bonds is 8. The number of halogens is 1. The summed E-state index contributed by atoms with van der Waals surface area (Å²) in [4.78, 5) is 2.21. The first kappa shape index (κ1) is 15.5. The molecular weight excluding hydrogens is 292 g/mol. The first-order valence-corrected chi connectivity index (χ1v) is 7.26. The number of hydrogen-bond donors (Lipinski definition) is 1. The molecule has 0 aromatic heterocycles. The highest BCUT2D eigenvalue weighted by atomic mass is 79.9. The van der Waals surface area contributed by atoms with Gasteiger partial charge in [-0.15, -0.1) is 0 Å². The molecule has 0 spiro atoms. The zero-order valence-corrected chi connectivity index (χ0v) is 13.1. The number of hydrogen-bond acceptors (Lipinski definition) is 3. The molecular formula is C14H23BrN2O. The average molecular weight is 315 g/mol. The minimum Gasteiger partial charge on any atom is -0.380 e. The van der Waals surface area contributed by atoms with Crippen LogP contribution in [0.5, 0.6) is 0 Å². The van der Waals surface area contributed by atoms with Crippen molar-refractivity contribution in [2.24, 2.45) is 0 Å². The van der Waals surface area contributed by atoms with Gasteiger partial charge in [0.2, 0.25) is 0 Å². The molecule has 4 heteroatoms. The van der Waals surface area contributed by atoms with Crippen LogP contribution in [0.15, 0.2) is 22.7 Å². The largest absolute Gasteiger partial charge is 0.380 e. The lowest BCUT2D eigenvalue weighted by molar-refractivity contribution is 0.154. The van der Waals surface area contributed by atoms with Crippen LogP contribution in [0.2, 0.25) is 0 Å². The van der Waals surface area contributed by atoms with E-state index >= 15 is 0 Å². The molecule has 1 rings (SSSR count). The number of ether oxygens (including phenoxy) is 1. The average Bonchev–Trinajstić information content (AvgIpc) is 2.36. The Morgan fingerprint density at radius 2 is 2.11 bits per heavy atom. The van der Waals surface area contributed by atoms with E-state index in [0.717, 1.165) is 37.3 Å². The fourth-order valence-electron chi connectivity index (χ4n) is 1.71. The lowest BCUT2D eigenvalue weighted by Crippen LogP contribution is -2.23. The van der Waals surface area contributed by atoms with Crippen molar-refractivity contribution in [2.75, 3.05) is 38.3 Å². The maximum absolute atomic E-state index is 5.38. The summed E-state index contributed by atoms with van der Waals surface area (Å²) in [6.45, 7) is 8.48. The summed E-state index contributed by atoms with van der Waals surface area (Å²) in [6.07, 6.45) is 0. The summed E-state index contributed by atoms with van der Waals surface area (Å²) < 4.78 is 6.51. The van der Waals surface area contributed by atoms with Crippen molar-refractivity contribution in [3.8, 4) is 0 Å². The second-order valence-corrected chi connectivity index (χ2v) is 5.04. The minimum absolute atomic E-state index is 0.762. The van der Waals surface area contributed by atoms with Crippen LogP contribution in [0.25, 0.3) is 0 Å². The Labute approximate surface area is 119 Å². The van der Waals surface area contributed by atoms with Crippen LogP contribution in [0.1, 0.15) is 19.4 Å². The topological polar surface area (TPSA) is 24.5 Å². The van der Waals surface area contributed by atoms with Crippen molar-refractivity contribution in [3.05, 3.63) is 28.2 Å². The Kier molecular flexibility index (Phi) is 7.32. The quantitative estimate of drug-likeness (QED) is 0.746. The van der Waals surface area contributed by atoms with Crippen molar-refractivity contribution in [3.63, 3.8) is 0 Å². The third-order valence-electron chi connectivity index (χ3n) is 2.78. The van der Waals surface area contributed by atoms with Crippen molar-refractivity contribution >= 4 is 21.6 Å². The van der Waals surface area contributed by atoms with Crippen LogP contribution in [0, 0.1) is 0 Å². The van der Waals surface area contributed by atoms with E-state index in [4.69, 9.17) is 4.74 Å². The first-order chi connectivity index (χ1) is 8.69. The number of nitrogens with zero attached hydrogens (tertiary/aromatic N) is 1. The van der Waals surface area contributed by atoms with Gasteiger partial charge < -0.3 is 15.0 Å². The standard InChI is InChI=1S/C14H23BrN2O/c1-4-16-11-12-6-7-14(13(15)10-12)17(3)8-9-18-5-2/h6-7,10,16H,4-5,8-9,11H2,1-3H3. The zero-order valence-electron chi connectivity index (χ0n) is 11.5. The van der Waals surface area contributed by atoms with Gasteiger partial charge in [-0.3, -0.25) is 0 Å². The summed E-state index contributed by atoms with van der Waals surface area (Å²) in [6, 6.07) is 6.50. The van der Waals surface area contributed by atoms with Gasteiger partial charge in [0.05, 0.1) is 12.3 Å². The molecule has 0 fully saturated rings. The van der Waals surface area contributed by atoms with Gasteiger partial charge >= 0.3 is 0 Å². The zero-order chi connectivity index (χ0) is 13.4. The van der Waals surface area contributed by atoms with E-state index in [1.54, 1.807) is 0 Å². The fraction of sp³-hybridized carbons (Fsp3) is 0.571. The van der Waals surface area contributed by atoms with Crippen LogP contribution < -0.4 is 10.2 Å². The number of likely N-dealkylation sites (N-methyl/N-ethyl adjacent to an activating group) is 1. The molecule has 0 radical (unpaired) electrons. The first-order valence-electron chi connectivity index (χ1n) is 6.47. The molecule has 18 heavy (non-hydrogen) atoms. The monoisotopic (exact) mass is 314 g/mol. The third kappa shape index (κ3) is 4.96.